The Morgan fingerprint density at radius 1 is 1.23 bits per heavy atom. The minimum atomic E-state index is -0.118. The number of aryl methyl sites for hydroxylation is 2. The first kappa shape index (κ1) is 19.9. The minimum absolute atomic E-state index is 0.0674. The fourth-order valence-corrected chi connectivity index (χ4v) is 4.65. The molecule has 1 N–H and O–H groups in total. The Labute approximate surface area is 184 Å². The van der Waals surface area contributed by atoms with E-state index in [1.165, 1.54) is 16.9 Å². The Kier molecular flexibility index (Phi) is 5.09. The summed E-state index contributed by atoms with van der Waals surface area (Å²) in [5.74, 6) is 1.31. The number of nitrogens with one attached hydrogen (secondary N) is 1. The number of nitrogens with zero attached hydrogens (tertiary/aromatic N) is 3. The van der Waals surface area contributed by atoms with Gasteiger partial charge in [0.15, 0.2) is 0 Å². The van der Waals surface area contributed by atoms with Gasteiger partial charge in [-0.05, 0) is 62.1 Å². The normalized spacial score (nSPS) is 18.6. The summed E-state index contributed by atoms with van der Waals surface area (Å²) >= 11 is 1.54. The van der Waals surface area contributed by atoms with Crippen LogP contribution in [0.5, 0.6) is 0 Å². The maximum Gasteiger partial charge on any atom is 0.232 e. The molecule has 8 heteroatoms. The summed E-state index contributed by atoms with van der Waals surface area (Å²) in [6, 6.07) is 9.99. The molecule has 2 amide bonds. The molecule has 0 radical (unpaired) electrons. The molecule has 0 spiro atoms. The van der Waals surface area contributed by atoms with Gasteiger partial charge in [-0.2, -0.15) is 4.98 Å². The predicted octanol–water partition coefficient (Wildman–Crippen LogP) is 3.96. The summed E-state index contributed by atoms with van der Waals surface area (Å²) in [6.45, 7) is 5.16. The number of amides is 2. The lowest BCUT2D eigenvalue weighted by molar-refractivity contribution is -0.122. The highest BCUT2D eigenvalue weighted by molar-refractivity contribution is 7.15. The van der Waals surface area contributed by atoms with Crippen molar-refractivity contribution in [1.82, 2.24) is 15.5 Å². The molecule has 2 aromatic heterocycles. The van der Waals surface area contributed by atoms with Gasteiger partial charge in [-0.15, -0.1) is 11.3 Å². The Bertz CT molecular complexity index is 1150. The average molecular weight is 437 g/mol. The summed E-state index contributed by atoms with van der Waals surface area (Å²) in [5.41, 5.74) is 3.28. The molecule has 1 aliphatic carbocycles. The van der Waals surface area contributed by atoms with E-state index < -0.39 is 0 Å². The van der Waals surface area contributed by atoms with Crippen LogP contribution < -0.4 is 10.2 Å². The molecule has 7 nitrogen and oxygen atoms in total. The van der Waals surface area contributed by atoms with Gasteiger partial charge in [-0.3, -0.25) is 9.59 Å². The summed E-state index contributed by atoms with van der Waals surface area (Å²) in [6.07, 6.45) is 2.35. The molecular weight excluding hydrogens is 412 g/mol. The van der Waals surface area contributed by atoms with E-state index in [1.807, 2.05) is 37.3 Å². The zero-order valence-electron chi connectivity index (χ0n) is 17.6. The summed E-state index contributed by atoms with van der Waals surface area (Å²) < 4.78 is 5.52. The van der Waals surface area contributed by atoms with E-state index >= 15 is 0 Å². The second-order valence-corrected chi connectivity index (χ2v) is 9.56. The smallest absolute Gasteiger partial charge is 0.232 e. The Hall–Kier alpha value is -3.00. The van der Waals surface area contributed by atoms with Crippen molar-refractivity contribution in [2.75, 3.05) is 11.4 Å². The van der Waals surface area contributed by atoms with Crippen molar-refractivity contribution in [3.8, 4) is 10.7 Å². The van der Waals surface area contributed by atoms with Crippen LogP contribution in [0.25, 0.3) is 10.7 Å². The molecule has 1 atom stereocenters. The second-order valence-electron chi connectivity index (χ2n) is 8.39. The number of carbonyl (C=O) groups is 2. The highest BCUT2D eigenvalue weighted by Gasteiger charge is 2.35. The lowest BCUT2D eigenvalue weighted by Gasteiger charge is -2.17. The van der Waals surface area contributed by atoms with E-state index in [4.69, 9.17) is 4.52 Å². The molecule has 160 valence electrons. The Morgan fingerprint density at radius 3 is 2.84 bits per heavy atom. The number of benzene rings is 1. The molecule has 1 saturated carbocycles. The zero-order chi connectivity index (χ0) is 21.5. The van der Waals surface area contributed by atoms with E-state index in [-0.39, 0.29) is 23.7 Å². The summed E-state index contributed by atoms with van der Waals surface area (Å²) in [7, 11) is 0. The fraction of sp³-hybridized carbons (Fsp3) is 0.391. The molecule has 2 aliphatic rings. The van der Waals surface area contributed by atoms with Gasteiger partial charge in [-0.1, -0.05) is 11.2 Å². The van der Waals surface area contributed by atoms with Gasteiger partial charge >= 0.3 is 0 Å². The zero-order valence-corrected chi connectivity index (χ0v) is 18.4. The third-order valence-electron chi connectivity index (χ3n) is 5.99. The van der Waals surface area contributed by atoms with Gasteiger partial charge in [0.25, 0.3) is 0 Å². The first-order chi connectivity index (χ1) is 15.0. The Morgan fingerprint density at radius 2 is 2.06 bits per heavy atom. The van der Waals surface area contributed by atoms with Gasteiger partial charge in [0.2, 0.25) is 23.5 Å². The standard InChI is InChI=1S/C23H24N4O3S/c1-13-3-6-17(9-14(13)2)27-12-16(10-20(27)28)23-25-21(26-30-23)19-8-7-18(31-19)11-24-22(29)15-4-5-15/h3,6-9,15-16H,4-5,10-12H2,1-2H3,(H,24,29)/t16-/m0/s1. The quantitative estimate of drug-likeness (QED) is 0.632. The molecule has 3 heterocycles. The maximum absolute atomic E-state index is 12.6. The molecule has 2 fully saturated rings. The second kappa shape index (κ2) is 7.92. The number of thiophene rings is 1. The number of rotatable bonds is 6. The molecular formula is C23H24N4O3S. The number of anilines is 1. The van der Waals surface area contributed by atoms with Crippen LogP contribution in [0, 0.1) is 19.8 Å². The number of carbonyl (C=O) groups excluding carboxylic acids is 2. The topological polar surface area (TPSA) is 88.3 Å². The van der Waals surface area contributed by atoms with Crippen LogP contribution in [-0.4, -0.2) is 28.5 Å². The van der Waals surface area contributed by atoms with Crippen LogP contribution in [0.2, 0.25) is 0 Å². The van der Waals surface area contributed by atoms with Crippen molar-refractivity contribution < 1.29 is 14.1 Å². The molecule has 1 aromatic carbocycles. The van der Waals surface area contributed by atoms with Crippen molar-refractivity contribution in [1.29, 1.82) is 0 Å². The molecule has 1 aliphatic heterocycles. The van der Waals surface area contributed by atoms with E-state index in [9.17, 15) is 9.59 Å². The van der Waals surface area contributed by atoms with Gasteiger partial charge in [0.1, 0.15) is 0 Å². The predicted molar refractivity (Wildman–Crippen MR) is 118 cm³/mol. The lowest BCUT2D eigenvalue weighted by Crippen LogP contribution is -2.24. The van der Waals surface area contributed by atoms with Crippen molar-refractivity contribution >= 4 is 28.8 Å². The third kappa shape index (κ3) is 4.12. The van der Waals surface area contributed by atoms with Crippen LogP contribution >= 0.6 is 11.3 Å². The minimum Gasteiger partial charge on any atom is -0.351 e. The number of hydrogen-bond acceptors (Lipinski definition) is 6. The third-order valence-corrected chi connectivity index (χ3v) is 7.07. The van der Waals surface area contributed by atoms with Crippen molar-refractivity contribution in [2.45, 2.75) is 45.6 Å². The lowest BCUT2D eigenvalue weighted by atomic mass is 10.1. The monoisotopic (exact) mass is 436 g/mol. The molecule has 31 heavy (non-hydrogen) atoms. The summed E-state index contributed by atoms with van der Waals surface area (Å²) in [5, 5.41) is 7.11. The highest BCUT2D eigenvalue weighted by atomic mass is 32.1. The van der Waals surface area contributed by atoms with Gasteiger partial charge in [0.05, 0.1) is 17.3 Å². The van der Waals surface area contributed by atoms with Crippen LogP contribution in [-0.2, 0) is 16.1 Å². The average Bonchev–Trinajstić information content (AvgIpc) is 3.13. The number of aromatic nitrogens is 2. The van der Waals surface area contributed by atoms with E-state index in [2.05, 4.69) is 22.4 Å². The maximum atomic E-state index is 12.6. The molecule has 3 aromatic rings. The molecule has 1 saturated heterocycles. The molecule has 0 unspecified atom stereocenters. The van der Waals surface area contributed by atoms with Crippen LogP contribution in [0.4, 0.5) is 5.69 Å². The van der Waals surface area contributed by atoms with Gasteiger partial charge in [0, 0.05) is 29.4 Å². The van der Waals surface area contributed by atoms with Crippen molar-refractivity contribution in [2.24, 2.45) is 5.92 Å². The van der Waals surface area contributed by atoms with Crippen LogP contribution in [0.3, 0.4) is 0 Å². The van der Waals surface area contributed by atoms with E-state index in [1.54, 1.807) is 4.90 Å². The van der Waals surface area contributed by atoms with Gasteiger partial charge in [-0.25, -0.2) is 0 Å². The van der Waals surface area contributed by atoms with Crippen LogP contribution in [0.15, 0.2) is 34.9 Å². The molecule has 5 rings (SSSR count). The van der Waals surface area contributed by atoms with E-state index in [0.29, 0.717) is 31.2 Å². The first-order valence-electron chi connectivity index (χ1n) is 10.6. The highest BCUT2D eigenvalue weighted by Crippen LogP contribution is 2.34. The number of hydrogen-bond donors (Lipinski definition) is 1. The van der Waals surface area contributed by atoms with Crippen LogP contribution in [0.1, 0.15) is 47.1 Å². The largest absolute Gasteiger partial charge is 0.351 e. The fourth-order valence-electron chi connectivity index (χ4n) is 3.77. The summed E-state index contributed by atoms with van der Waals surface area (Å²) in [4.78, 5) is 32.7. The Balaban J connectivity index is 1.26. The van der Waals surface area contributed by atoms with Gasteiger partial charge < -0.3 is 14.7 Å². The van der Waals surface area contributed by atoms with Crippen molar-refractivity contribution in [3.63, 3.8) is 0 Å². The van der Waals surface area contributed by atoms with E-state index in [0.717, 1.165) is 33.8 Å². The first-order valence-corrected chi connectivity index (χ1v) is 11.4. The molecule has 0 bridgehead atoms. The SMILES string of the molecule is Cc1ccc(N2C[C@@H](c3nc(-c4ccc(CNC(=O)C5CC5)s4)no3)CC2=O)cc1C. The van der Waals surface area contributed by atoms with Crippen molar-refractivity contribution in [3.05, 3.63) is 52.2 Å².